The van der Waals surface area contributed by atoms with Gasteiger partial charge >= 0.3 is 5.97 Å². The topological polar surface area (TPSA) is 79.5 Å². The first-order valence-electron chi connectivity index (χ1n) is 7.75. The second-order valence-electron chi connectivity index (χ2n) is 5.81. The van der Waals surface area contributed by atoms with Gasteiger partial charge in [-0.1, -0.05) is 30.3 Å². The van der Waals surface area contributed by atoms with Crippen LogP contribution in [0.2, 0.25) is 0 Å². The minimum atomic E-state index is -1.19. The number of hydrogen-bond donors (Lipinski definition) is 2. The van der Waals surface area contributed by atoms with Gasteiger partial charge in [0.25, 0.3) is 0 Å². The van der Waals surface area contributed by atoms with E-state index in [0.29, 0.717) is 16.9 Å². The molecular formula is C20H17NO4. The smallest absolute Gasteiger partial charge is 0.339 e. The van der Waals surface area contributed by atoms with Crippen LogP contribution in [0.5, 0.6) is 5.75 Å². The zero-order chi connectivity index (χ0) is 18.1. The minimum Gasteiger partial charge on any atom is -0.507 e. The van der Waals surface area contributed by atoms with E-state index >= 15 is 0 Å². The van der Waals surface area contributed by atoms with Gasteiger partial charge in [0.1, 0.15) is 11.3 Å². The number of aryl methyl sites for hydroxylation is 1. The van der Waals surface area contributed by atoms with Crippen molar-refractivity contribution in [2.24, 2.45) is 0 Å². The summed E-state index contributed by atoms with van der Waals surface area (Å²) < 4.78 is 1.84. The lowest BCUT2D eigenvalue weighted by Crippen LogP contribution is -2.03. The van der Waals surface area contributed by atoms with Gasteiger partial charge in [0.2, 0.25) is 0 Å². The van der Waals surface area contributed by atoms with Gasteiger partial charge < -0.3 is 14.8 Å². The van der Waals surface area contributed by atoms with Crippen LogP contribution >= 0.6 is 0 Å². The summed E-state index contributed by atoms with van der Waals surface area (Å²) >= 11 is 0. The van der Waals surface area contributed by atoms with Crippen molar-refractivity contribution in [1.29, 1.82) is 0 Å². The third-order valence-corrected chi connectivity index (χ3v) is 4.08. The molecule has 5 heteroatoms. The average Bonchev–Trinajstić information content (AvgIpc) is 2.92. The van der Waals surface area contributed by atoms with Crippen molar-refractivity contribution < 1.29 is 19.8 Å². The Hall–Kier alpha value is -3.34. The first kappa shape index (κ1) is 16.5. The first-order valence-corrected chi connectivity index (χ1v) is 7.75. The van der Waals surface area contributed by atoms with E-state index < -0.39 is 5.97 Å². The SMILES string of the molecule is CC(=O)c1cc(C)n(-c2ccc(C(=O)O)c(O)c2)c1-c1ccccc1. The zero-order valence-electron chi connectivity index (χ0n) is 13.9. The van der Waals surface area contributed by atoms with Gasteiger partial charge in [-0.05, 0) is 37.6 Å². The van der Waals surface area contributed by atoms with Crippen molar-refractivity contribution in [2.75, 3.05) is 0 Å². The Morgan fingerprint density at radius 1 is 0.960 bits per heavy atom. The summed E-state index contributed by atoms with van der Waals surface area (Å²) in [5, 5.41) is 19.1. The van der Waals surface area contributed by atoms with Crippen molar-refractivity contribution in [2.45, 2.75) is 13.8 Å². The molecule has 3 aromatic rings. The van der Waals surface area contributed by atoms with Gasteiger partial charge in [0.05, 0.1) is 5.69 Å². The fraction of sp³-hybridized carbons (Fsp3) is 0.100. The monoisotopic (exact) mass is 335 g/mol. The Morgan fingerprint density at radius 3 is 2.20 bits per heavy atom. The number of benzene rings is 2. The Labute approximate surface area is 144 Å². The molecule has 1 heterocycles. The number of hydrogen-bond acceptors (Lipinski definition) is 3. The fourth-order valence-corrected chi connectivity index (χ4v) is 2.96. The van der Waals surface area contributed by atoms with E-state index in [9.17, 15) is 14.7 Å². The maximum atomic E-state index is 12.1. The molecule has 0 aliphatic carbocycles. The number of aromatic hydroxyl groups is 1. The molecule has 25 heavy (non-hydrogen) atoms. The highest BCUT2D eigenvalue weighted by atomic mass is 16.4. The Morgan fingerprint density at radius 2 is 1.64 bits per heavy atom. The summed E-state index contributed by atoms with van der Waals surface area (Å²) in [5.74, 6) is -1.57. The van der Waals surface area contributed by atoms with Crippen LogP contribution in [0.15, 0.2) is 54.6 Å². The van der Waals surface area contributed by atoms with Crippen molar-refractivity contribution >= 4 is 11.8 Å². The van der Waals surface area contributed by atoms with Crippen LogP contribution in [0, 0.1) is 6.92 Å². The molecule has 5 nitrogen and oxygen atoms in total. The highest BCUT2D eigenvalue weighted by Gasteiger charge is 2.20. The molecule has 0 radical (unpaired) electrons. The highest BCUT2D eigenvalue weighted by molar-refractivity contribution is 6.01. The maximum Gasteiger partial charge on any atom is 0.339 e. The molecule has 3 rings (SSSR count). The second kappa shape index (κ2) is 6.28. The van der Waals surface area contributed by atoms with E-state index in [1.807, 2.05) is 41.8 Å². The molecule has 126 valence electrons. The van der Waals surface area contributed by atoms with Gasteiger partial charge in [-0.2, -0.15) is 0 Å². The number of aromatic nitrogens is 1. The third kappa shape index (κ3) is 2.92. The number of carboxylic acids is 1. The number of aromatic carboxylic acids is 1. The van der Waals surface area contributed by atoms with E-state index in [1.165, 1.54) is 19.1 Å². The molecule has 1 aromatic heterocycles. The average molecular weight is 335 g/mol. The predicted octanol–water partition coefficient (Wildman–Crippen LogP) is 4.06. The van der Waals surface area contributed by atoms with Crippen LogP contribution in [0.1, 0.15) is 33.3 Å². The Bertz CT molecular complexity index is 971. The largest absolute Gasteiger partial charge is 0.507 e. The lowest BCUT2D eigenvalue weighted by molar-refractivity contribution is 0.0693. The maximum absolute atomic E-state index is 12.1. The summed E-state index contributed by atoms with van der Waals surface area (Å²) in [7, 11) is 0. The van der Waals surface area contributed by atoms with Crippen LogP contribution < -0.4 is 0 Å². The number of phenols is 1. The zero-order valence-corrected chi connectivity index (χ0v) is 13.9. The molecule has 0 fully saturated rings. The molecule has 0 atom stereocenters. The van der Waals surface area contributed by atoms with Gasteiger partial charge in [-0.25, -0.2) is 4.79 Å². The molecule has 0 spiro atoms. The standard InChI is InChI=1S/C20H17NO4/c1-12-10-17(13(2)22)19(14-6-4-3-5-7-14)21(12)15-8-9-16(20(24)25)18(23)11-15/h3-11,23H,1-2H3,(H,24,25). The van der Waals surface area contributed by atoms with Crippen LogP contribution in [-0.4, -0.2) is 26.5 Å². The normalized spacial score (nSPS) is 10.6. The molecule has 0 unspecified atom stereocenters. The highest BCUT2D eigenvalue weighted by Crippen LogP contribution is 2.32. The van der Waals surface area contributed by atoms with Crippen LogP contribution in [0.4, 0.5) is 0 Å². The lowest BCUT2D eigenvalue weighted by Gasteiger charge is -2.14. The van der Waals surface area contributed by atoms with Crippen molar-refractivity contribution in [3.05, 3.63) is 71.4 Å². The molecule has 2 N–H and O–H groups in total. The number of carboxylic acid groups (broad SMARTS) is 1. The van der Waals surface area contributed by atoms with Crippen LogP contribution in [-0.2, 0) is 0 Å². The number of ketones is 1. The number of nitrogens with zero attached hydrogens (tertiary/aromatic N) is 1. The van der Waals surface area contributed by atoms with E-state index in [4.69, 9.17) is 5.11 Å². The van der Waals surface area contributed by atoms with E-state index in [0.717, 1.165) is 11.3 Å². The second-order valence-corrected chi connectivity index (χ2v) is 5.81. The molecule has 0 amide bonds. The summed E-state index contributed by atoms with van der Waals surface area (Å²) in [6, 6.07) is 15.6. The van der Waals surface area contributed by atoms with Gasteiger partial charge in [-0.15, -0.1) is 0 Å². The van der Waals surface area contributed by atoms with E-state index in [-0.39, 0.29) is 17.1 Å². The molecular weight excluding hydrogens is 318 g/mol. The molecule has 0 aliphatic rings. The minimum absolute atomic E-state index is 0.0629. The molecule has 2 aromatic carbocycles. The third-order valence-electron chi connectivity index (χ3n) is 4.08. The van der Waals surface area contributed by atoms with Crippen LogP contribution in [0.3, 0.4) is 0 Å². The van der Waals surface area contributed by atoms with Gasteiger partial charge in [0.15, 0.2) is 5.78 Å². The predicted molar refractivity (Wildman–Crippen MR) is 94.6 cm³/mol. The molecule has 0 saturated carbocycles. The number of Topliss-reactive ketones (excluding diaryl/α,β-unsaturated/α-hetero) is 1. The summed E-state index contributed by atoms with van der Waals surface area (Å²) in [6.45, 7) is 3.37. The summed E-state index contributed by atoms with van der Waals surface area (Å²) in [4.78, 5) is 23.2. The molecule has 0 aliphatic heterocycles. The fourth-order valence-electron chi connectivity index (χ4n) is 2.96. The van der Waals surface area contributed by atoms with Gasteiger partial charge in [-0.3, -0.25) is 4.79 Å². The van der Waals surface area contributed by atoms with Gasteiger partial charge in [0, 0.05) is 23.0 Å². The van der Waals surface area contributed by atoms with Crippen molar-refractivity contribution in [3.8, 4) is 22.7 Å². The Balaban J connectivity index is 2.28. The number of carbonyl (C=O) groups is 2. The Kier molecular flexibility index (Phi) is 4.15. The molecule has 0 saturated heterocycles. The van der Waals surface area contributed by atoms with Crippen LogP contribution in [0.25, 0.3) is 16.9 Å². The lowest BCUT2D eigenvalue weighted by atomic mass is 10.1. The first-order chi connectivity index (χ1) is 11.9. The summed E-state index contributed by atoms with van der Waals surface area (Å²) in [6.07, 6.45) is 0. The van der Waals surface area contributed by atoms with Crippen molar-refractivity contribution in [3.63, 3.8) is 0 Å². The summed E-state index contributed by atoms with van der Waals surface area (Å²) in [5.41, 5.74) is 3.39. The van der Waals surface area contributed by atoms with E-state index in [2.05, 4.69) is 0 Å². The quantitative estimate of drug-likeness (QED) is 0.705. The number of rotatable bonds is 4. The number of carbonyl (C=O) groups excluding carboxylic acids is 1. The van der Waals surface area contributed by atoms with Crippen molar-refractivity contribution in [1.82, 2.24) is 4.57 Å². The molecule has 0 bridgehead atoms. The van der Waals surface area contributed by atoms with E-state index in [1.54, 1.807) is 12.1 Å².